The summed E-state index contributed by atoms with van der Waals surface area (Å²) < 4.78 is 7.57. The van der Waals surface area contributed by atoms with E-state index in [-0.39, 0.29) is 0 Å². The highest BCUT2D eigenvalue weighted by atomic mass is 16.5. The number of aromatic nitrogens is 2. The molecule has 0 aliphatic heterocycles. The molecule has 3 aromatic rings. The van der Waals surface area contributed by atoms with Crippen LogP contribution in [-0.2, 0) is 0 Å². The van der Waals surface area contributed by atoms with Gasteiger partial charge in [-0.15, -0.1) is 0 Å². The van der Waals surface area contributed by atoms with Gasteiger partial charge in [-0.25, -0.2) is 4.98 Å². The number of nitriles is 1. The zero-order valence-electron chi connectivity index (χ0n) is 9.95. The lowest BCUT2D eigenvalue weighted by molar-refractivity contribution is 0.455. The lowest BCUT2D eigenvalue weighted by Gasteiger charge is -2.09. The van der Waals surface area contributed by atoms with Gasteiger partial charge in [0, 0.05) is 18.1 Å². The van der Waals surface area contributed by atoms with E-state index in [1.54, 1.807) is 35.0 Å². The third-order valence-corrected chi connectivity index (χ3v) is 2.73. The van der Waals surface area contributed by atoms with Crippen molar-refractivity contribution < 1.29 is 4.74 Å². The van der Waals surface area contributed by atoms with E-state index in [9.17, 15) is 0 Å². The van der Waals surface area contributed by atoms with Gasteiger partial charge in [-0.3, -0.25) is 4.40 Å². The molecule has 0 bridgehead atoms. The lowest BCUT2D eigenvalue weighted by Crippen LogP contribution is -1.95. The summed E-state index contributed by atoms with van der Waals surface area (Å²) in [6, 6.07) is 12.6. The molecule has 0 radical (unpaired) electrons. The summed E-state index contributed by atoms with van der Waals surface area (Å²) in [4.78, 5) is 4.18. The third-order valence-electron chi connectivity index (χ3n) is 2.73. The molecule has 0 spiro atoms. The minimum absolute atomic E-state index is 0.400. The zero-order valence-corrected chi connectivity index (χ0v) is 9.95. The summed E-state index contributed by atoms with van der Waals surface area (Å²) in [6.45, 7) is 0. The van der Waals surface area contributed by atoms with Crippen LogP contribution >= 0.6 is 0 Å². The van der Waals surface area contributed by atoms with Crippen LogP contribution < -0.4 is 10.5 Å². The van der Waals surface area contributed by atoms with Gasteiger partial charge in [-0.2, -0.15) is 5.26 Å². The molecule has 3 rings (SSSR count). The smallest absolute Gasteiger partial charge is 0.205 e. The number of hydrogen-bond acceptors (Lipinski definition) is 4. The molecule has 0 saturated carbocycles. The van der Waals surface area contributed by atoms with Crippen molar-refractivity contribution in [3.63, 3.8) is 0 Å². The molecule has 19 heavy (non-hydrogen) atoms. The molecule has 1 aromatic carbocycles. The monoisotopic (exact) mass is 250 g/mol. The maximum atomic E-state index is 9.09. The van der Waals surface area contributed by atoms with Crippen LogP contribution in [0.5, 0.6) is 11.6 Å². The molecule has 0 amide bonds. The molecule has 5 nitrogen and oxygen atoms in total. The van der Waals surface area contributed by atoms with Gasteiger partial charge in [-0.1, -0.05) is 6.07 Å². The Morgan fingerprint density at radius 3 is 3.00 bits per heavy atom. The molecule has 2 aromatic heterocycles. The number of anilines is 1. The quantitative estimate of drug-likeness (QED) is 0.709. The van der Waals surface area contributed by atoms with Crippen molar-refractivity contribution >= 4 is 11.3 Å². The summed E-state index contributed by atoms with van der Waals surface area (Å²) >= 11 is 0. The largest absolute Gasteiger partial charge is 0.439 e. The molecule has 0 unspecified atom stereocenters. The van der Waals surface area contributed by atoms with Crippen molar-refractivity contribution in [1.82, 2.24) is 9.38 Å². The second kappa shape index (κ2) is 4.35. The highest BCUT2D eigenvalue weighted by Gasteiger charge is 2.07. The zero-order chi connectivity index (χ0) is 13.2. The molecule has 5 heteroatoms. The Morgan fingerprint density at radius 1 is 1.26 bits per heavy atom. The number of rotatable bonds is 2. The highest BCUT2D eigenvalue weighted by Crippen LogP contribution is 2.26. The van der Waals surface area contributed by atoms with Gasteiger partial charge in [0.1, 0.15) is 17.5 Å². The van der Waals surface area contributed by atoms with Crippen molar-refractivity contribution in [1.29, 1.82) is 5.26 Å². The first-order chi connectivity index (χ1) is 9.28. The molecule has 92 valence electrons. The predicted octanol–water partition coefficient (Wildman–Crippen LogP) is 2.58. The first kappa shape index (κ1) is 11.1. The Kier molecular flexibility index (Phi) is 2.54. The molecule has 0 atom stereocenters. The summed E-state index contributed by atoms with van der Waals surface area (Å²) in [7, 11) is 0. The number of nitrogens with two attached hydrogens (primary N) is 1. The third kappa shape index (κ3) is 1.96. The number of nitrogens with zero attached hydrogens (tertiary/aromatic N) is 3. The van der Waals surface area contributed by atoms with Gasteiger partial charge in [0.2, 0.25) is 5.88 Å². The maximum Gasteiger partial charge on any atom is 0.205 e. The van der Waals surface area contributed by atoms with Crippen molar-refractivity contribution in [2.75, 3.05) is 5.73 Å². The lowest BCUT2D eigenvalue weighted by atomic mass is 10.2. The van der Waals surface area contributed by atoms with Crippen molar-refractivity contribution in [3.8, 4) is 17.7 Å². The van der Waals surface area contributed by atoms with E-state index in [1.165, 1.54) is 0 Å². The van der Waals surface area contributed by atoms with E-state index in [2.05, 4.69) is 11.1 Å². The number of pyridine rings is 1. The minimum atomic E-state index is 0.400. The van der Waals surface area contributed by atoms with Crippen molar-refractivity contribution in [2.45, 2.75) is 0 Å². The van der Waals surface area contributed by atoms with Gasteiger partial charge in [0.05, 0.1) is 5.56 Å². The van der Waals surface area contributed by atoms with Gasteiger partial charge in [0.25, 0.3) is 0 Å². The normalized spacial score (nSPS) is 10.3. The number of nitrogen functional groups attached to an aromatic ring is 1. The molecule has 2 N–H and O–H groups in total. The van der Waals surface area contributed by atoms with E-state index in [1.807, 2.05) is 18.2 Å². The Bertz CT molecular complexity index is 785. The van der Waals surface area contributed by atoms with Gasteiger partial charge in [0.15, 0.2) is 0 Å². The fraction of sp³-hybridized carbons (Fsp3) is 0. The molecular weight excluding hydrogens is 240 g/mol. The van der Waals surface area contributed by atoms with Gasteiger partial charge >= 0.3 is 0 Å². The van der Waals surface area contributed by atoms with Crippen LogP contribution in [0.3, 0.4) is 0 Å². The SMILES string of the molecule is N#Cc1cc(N)ccc1Oc1cccc2nccn12. The Hall–Kier alpha value is -3.00. The number of imidazole rings is 1. The van der Waals surface area contributed by atoms with Crippen molar-refractivity contribution in [3.05, 3.63) is 54.4 Å². The van der Waals surface area contributed by atoms with Crippen LogP contribution in [-0.4, -0.2) is 9.38 Å². The Labute approximate surface area is 109 Å². The molecule has 0 saturated heterocycles. The van der Waals surface area contributed by atoms with E-state index < -0.39 is 0 Å². The van der Waals surface area contributed by atoms with Crippen LogP contribution in [0.15, 0.2) is 48.8 Å². The fourth-order valence-electron chi connectivity index (χ4n) is 1.84. The standard InChI is InChI=1S/C14H10N4O/c15-9-10-8-11(16)4-5-12(10)19-14-3-1-2-13-17-6-7-18(13)14/h1-8H,16H2. The topological polar surface area (TPSA) is 76.3 Å². The molecule has 0 aliphatic rings. The van der Waals surface area contributed by atoms with E-state index in [4.69, 9.17) is 15.7 Å². The predicted molar refractivity (Wildman–Crippen MR) is 70.8 cm³/mol. The minimum Gasteiger partial charge on any atom is -0.439 e. The number of fused-ring (bicyclic) bond motifs is 1. The fourth-order valence-corrected chi connectivity index (χ4v) is 1.84. The second-order valence-corrected chi connectivity index (χ2v) is 3.99. The molecule has 0 fully saturated rings. The van der Waals surface area contributed by atoms with Crippen LogP contribution in [0.25, 0.3) is 5.65 Å². The Morgan fingerprint density at radius 2 is 2.16 bits per heavy atom. The summed E-state index contributed by atoms with van der Waals surface area (Å²) in [5.41, 5.74) is 7.36. The number of benzene rings is 1. The first-order valence-corrected chi connectivity index (χ1v) is 5.67. The summed E-state index contributed by atoms with van der Waals surface area (Å²) in [6.07, 6.45) is 3.49. The van der Waals surface area contributed by atoms with Crippen molar-refractivity contribution in [2.24, 2.45) is 0 Å². The first-order valence-electron chi connectivity index (χ1n) is 5.67. The summed E-state index contributed by atoms with van der Waals surface area (Å²) in [5.74, 6) is 1.06. The summed E-state index contributed by atoms with van der Waals surface area (Å²) in [5, 5.41) is 9.09. The number of hydrogen-bond donors (Lipinski definition) is 1. The van der Waals surface area contributed by atoms with Crippen LogP contribution in [0, 0.1) is 11.3 Å². The Balaban J connectivity index is 2.06. The average molecular weight is 250 g/mol. The van der Waals surface area contributed by atoms with Crippen LogP contribution in [0.2, 0.25) is 0 Å². The van der Waals surface area contributed by atoms with Crippen LogP contribution in [0.4, 0.5) is 5.69 Å². The number of ether oxygens (including phenoxy) is 1. The molecular formula is C14H10N4O. The second-order valence-electron chi connectivity index (χ2n) is 3.99. The highest BCUT2D eigenvalue weighted by molar-refractivity contribution is 5.54. The average Bonchev–Trinajstić information content (AvgIpc) is 2.90. The molecule has 0 aliphatic carbocycles. The van der Waals surface area contributed by atoms with Gasteiger partial charge < -0.3 is 10.5 Å². The van der Waals surface area contributed by atoms with Crippen LogP contribution in [0.1, 0.15) is 5.56 Å². The van der Waals surface area contributed by atoms with E-state index in [0.29, 0.717) is 22.9 Å². The molecule has 2 heterocycles. The maximum absolute atomic E-state index is 9.09. The van der Waals surface area contributed by atoms with E-state index >= 15 is 0 Å². The van der Waals surface area contributed by atoms with E-state index in [0.717, 1.165) is 5.65 Å². The van der Waals surface area contributed by atoms with Gasteiger partial charge in [-0.05, 0) is 30.3 Å².